The van der Waals surface area contributed by atoms with Gasteiger partial charge in [-0.15, -0.1) is 0 Å². The lowest BCUT2D eigenvalue weighted by atomic mass is 9.76. The summed E-state index contributed by atoms with van der Waals surface area (Å²) in [6.07, 6.45) is 4.60. The number of nitrogens with one attached hydrogen (secondary N) is 1. The number of nitriles is 1. The summed E-state index contributed by atoms with van der Waals surface area (Å²) in [7, 11) is -2.98. The summed E-state index contributed by atoms with van der Waals surface area (Å²) in [6.45, 7) is 0.896. The Morgan fingerprint density at radius 2 is 1.80 bits per heavy atom. The number of aromatic nitrogens is 1. The van der Waals surface area contributed by atoms with Crippen molar-refractivity contribution in [3.63, 3.8) is 0 Å². The zero-order chi connectivity index (χ0) is 27.9. The van der Waals surface area contributed by atoms with E-state index in [9.17, 15) is 22.9 Å². The van der Waals surface area contributed by atoms with Crippen LogP contribution in [0.15, 0.2) is 52.9 Å². The van der Waals surface area contributed by atoms with Crippen LogP contribution in [0.3, 0.4) is 0 Å². The molecule has 10 heteroatoms. The first-order chi connectivity index (χ1) is 19.3. The van der Waals surface area contributed by atoms with Gasteiger partial charge in [0.15, 0.2) is 9.84 Å². The highest BCUT2D eigenvalue weighted by Gasteiger charge is 2.47. The van der Waals surface area contributed by atoms with Gasteiger partial charge in [0.2, 0.25) is 11.8 Å². The van der Waals surface area contributed by atoms with Gasteiger partial charge in [-0.1, -0.05) is 31.0 Å². The third-order valence-electron chi connectivity index (χ3n) is 8.34. The van der Waals surface area contributed by atoms with E-state index in [-0.39, 0.29) is 35.1 Å². The molecule has 0 unspecified atom stereocenters. The number of hydrogen-bond acceptors (Lipinski definition) is 7. The Balaban J connectivity index is 1.35. The molecule has 0 bridgehead atoms. The Morgan fingerprint density at radius 3 is 2.48 bits per heavy atom. The molecule has 1 aromatic heterocycles. The maximum atomic E-state index is 14.1. The van der Waals surface area contributed by atoms with Gasteiger partial charge in [0.1, 0.15) is 22.8 Å². The van der Waals surface area contributed by atoms with Gasteiger partial charge in [-0.05, 0) is 56.0 Å². The van der Waals surface area contributed by atoms with E-state index in [0.717, 1.165) is 30.5 Å². The van der Waals surface area contributed by atoms with Gasteiger partial charge in [-0.3, -0.25) is 4.79 Å². The van der Waals surface area contributed by atoms with Crippen LogP contribution < -0.4 is 10.2 Å². The number of oxazole rings is 1. The van der Waals surface area contributed by atoms with Crippen LogP contribution in [-0.2, 0) is 14.6 Å². The Hall–Kier alpha value is -3.71. The molecule has 1 N–H and O–H groups in total. The number of hydrogen-bond donors (Lipinski definition) is 1. The molecular weight excluding hydrogens is 531 g/mol. The molecule has 3 fully saturated rings. The second kappa shape index (κ2) is 10.4. The van der Waals surface area contributed by atoms with E-state index in [4.69, 9.17) is 9.40 Å². The van der Waals surface area contributed by atoms with Crippen molar-refractivity contribution in [2.24, 2.45) is 5.92 Å². The van der Waals surface area contributed by atoms with E-state index in [1.165, 1.54) is 12.1 Å². The van der Waals surface area contributed by atoms with Crippen molar-refractivity contribution < 1.29 is 22.0 Å². The number of halogens is 1. The topological polar surface area (TPSA) is 116 Å². The van der Waals surface area contributed by atoms with E-state index < -0.39 is 21.2 Å². The number of anilines is 1. The van der Waals surface area contributed by atoms with Crippen molar-refractivity contribution in [3.8, 4) is 28.8 Å². The summed E-state index contributed by atoms with van der Waals surface area (Å²) in [5.74, 6) is 0.0327. The average molecular weight is 563 g/mol. The fraction of sp³-hybridized carbons (Fsp3) is 0.433. The zero-order valence-electron chi connectivity index (χ0n) is 22.1. The number of carbonyl (C=O) groups is 1. The summed E-state index contributed by atoms with van der Waals surface area (Å²) in [6, 6.07) is 16.1. The van der Waals surface area contributed by atoms with Crippen LogP contribution in [0.25, 0.3) is 22.7 Å². The molecule has 208 valence electrons. The molecule has 40 heavy (non-hydrogen) atoms. The quantitative estimate of drug-likeness (QED) is 0.458. The van der Waals surface area contributed by atoms with E-state index >= 15 is 0 Å². The Morgan fingerprint density at radius 1 is 1.07 bits per heavy atom. The van der Waals surface area contributed by atoms with Crippen LogP contribution in [0.2, 0.25) is 0 Å². The van der Waals surface area contributed by atoms with E-state index in [0.29, 0.717) is 49.4 Å². The molecule has 6 rings (SSSR count). The maximum absolute atomic E-state index is 14.1. The van der Waals surface area contributed by atoms with Crippen LogP contribution in [0, 0.1) is 23.1 Å². The molecule has 1 amide bonds. The first-order valence-corrected chi connectivity index (χ1v) is 15.6. The molecule has 2 aliphatic carbocycles. The molecule has 3 aliphatic rings. The predicted molar refractivity (Wildman–Crippen MR) is 149 cm³/mol. The fourth-order valence-electron chi connectivity index (χ4n) is 5.81. The number of sulfone groups is 1. The van der Waals surface area contributed by atoms with E-state index in [1.807, 2.05) is 24.3 Å². The lowest BCUT2D eigenvalue weighted by Gasteiger charge is -2.30. The molecule has 0 spiro atoms. The molecule has 0 radical (unpaired) electrons. The molecule has 2 aromatic carbocycles. The first-order valence-electron chi connectivity index (χ1n) is 13.8. The van der Waals surface area contributed by atoms with Crippen LogP contribution in [0.1, 0.15) is 50.2 Å². The van der Waals surface area contributed by atoms with E-state index in [1.54, 1.807) is 12.1 Å². The van der Waals surface area contributed by atoms with Crippen LogP contribution >= 0.6 is 0 Å². The zero-order valence-corrected chi connectivity index (χ0v) is 22.9. The first kappa shape index (κ1) is 26.5. The SMILES string of the molecule is N#CC1(NC(=O)[C@@H]2CCCC[C@H]2c2oc(-c3cccc(F)c3)nc2-c2ccc(N3CCS(=O)(=O)CC3)cc2)CC1. The molecule has 2 atom stereocenters. The van der Waals surface area contributed by atoms with Crippen LogP contribution in [-0.4, -0.2) is 49.4 Å². The highest BCUT2D eigenvalue weighted by molar-refractivity contribution is 7.91. The monoisotopic (exact) mass is 562 g/mol. The summed E-state index contributed by atoms with van der Waals surface area (Å²) < 4.78 is 44.2. The average Bonchev–Trinajstić information content (AvgIpc) is 3.59. The van der Waals surface area contributed by atoms with Crippen molar-refractivity contribution in [2.45, 2.75) is 50.0 Å². The normalized spacial score (nSPS) is 23.2. The number of rotatable bonds is 6. The Kier molecular flexibility index (Phi) is 6.87. The number of carbonyl (C=O) groups excluding carboxylic acids is 1. The predicted octanol–water partition coefficient (Wildman–Crippen LogP) is 4.83. The van der Waals surface area contributed by atoms with Gasteiger partial charge >= 0.3 is 0 Å². The maximum Gasteiger partial charge on any atom is 0.226 e. The Labute approximate surface area is 233 Å². The number of nitrogens with zero attached hydrogens (tertiary/aromatic N) is 3. The largest absolute Gasteiger partial charge is 0.440 e. The van der Waals surface area contributed by atoms with E-state index in [2.05, 4.69) is 16.3 Å². The lowest BCUT2D eigenvalue weighted by Crippen LogP contribution is -2.42. The molecular formula is C30H31FN4O4S. The second-order valence-electron chi connectivity index (χ2n) is 11.1. The number of benzene rings is 2. The molecule has 1 saturated heterocycles. The Bertz CT molecular complexity index is 1560. The molecule has 1 aliphatic heterocycles. The molecule has 3 aromatic rings. The standard InChI is InChI=1S/C30H31FN4O4S/c31-22-5-3-4-21(18-22)29-33-26(20-8-10-23(11-9-20)35-14-16-40(37,38)17-15-35)27(39-29)24-6-1-2-7-25(24)28(36)34-30(19-32)12-13-30/h3-5,8-11,18,24-25H,1-2,6-7,12-17H2,(H,34,36)/t24-,25-/m1/s1. The van der Waals surface area contributed by atoms with Gasteiger partial charge in [0.25, 0.3) is 0 Å². The minimum atomic E-state index is -2.98. The minimum Gasteiger partial charge on any atom is -0.440 e. The minimum absolute atomic E-state index is 0.131. The number of amides is 1. The van der Waals surface area contributed by atoms with Crippen molar-refractivity contribution >= 4 is 21.4 Å². The lowest BCUT2D eigenvalue weighted by molar-refractivity contribution is -0.127. The van der Waals surface area contributed by atoms with Gasteiger partial charge in [-0.25, -0.2) is 17.8 Å². The van der Waals surface area contributed by atoms with Crippen LogP contribution in [0.4, 0.5) is 10.1 Å². The summed E-state index contributed by atoms with van der Waals surface area (Å²) >= 11 is 0. The highest BCUT2D eigenvalue weighted by atomic mass is 32.2. The van der Waals surface area contributed by atoms with Crippen LogP contribution in [0.5, 0.6) is 0 Å². The second-order valence-corrected chi connectivity index (χ2v) is 13.4. The summed E-state index contributed by atoms with van der Waals surface area (Å²) in [5.41, 5.74) is 2.10. The molecule has 2 heterocycles. The van der Waals surface area contributed by atoms with Gasteiger partial charge in [0.05, 0.1) is 17.6 Å². The van der Waals surface area contributed by atoms with Gasteiger partial charge in [-0.2, -0.15) is 5.26 Å². The third kappa shape index (κ3) is 5.35. The smallest absolute Gasteiger partial charge is 0.226 e. The fourth-order valence-corrected chi connectivity index (χ4v) is 7.01. The van der Waals surface area contributed by atoms with Crippen molar-refractivity contribution in [2.75, 3.05) is 29.5 Å². The van der Waals surface area contributed by atoms with Gasteiger partial charge in [0, 0.05) is 41.7 Å². The third-order valence-corrected chi connectivity index (χ3v) is 9.95. The van der Waals surface area contributed by atoms with Crippen molar-refractivity contribution in [3.05, 3.63) is 60.1 Å². The van der Waals surface area contributed by atoms with Crippen molar-refractivity contribution in [1.29, 1.82) is 5.26 Å². The summed E-state index contributed by atoms with van der Waals surface area (Å²) in [4.78, 5) is 20.3. The molecule has 8 nitrogen and oxygen atoms in total. The van der Waals surface area contributed by atoms with Gasteiger partial charge < -0.3 is 14.6 Å². The molecule has 2 saturated carbocycles. The van der Waals surface area contributed by atoms with Crippen molar-refractivity contribution in [1.82, 2.24) is 10.3 Å². The highest BCUT2D eigenvalue weighted by Crippen LogP contribution is 2.45. The summed E-state index contributed by atoms with van der Waals surface area (Å²) in [5, 5.41) is 12.5.